The summed E-state index contributed by atoms with van der Waals surface area (Å²) in [5.41, 5.74) is 0.0653. The van der Waals surface area contributed by atoms with E-state index in [0.717, 1.165) is 71.7 Å². The van der Waals surface area contributed by atoms with Gasteiger partial charge in [0, 0.05) is 57.4 Å². The van der Waals surface area contributed by atoms with Gasteiger partial charge in [-0.3, -0.25) is 4.90 Å². The fraction of sp³-hybridized carbons (Fsp3) is 0.778. The smallest absolute Gasteiger partial charge is 0.0959 e. The molecule has 0 radical (unpaired) electrons. The molecule has 0 aliphatic carbocycles. The Morgan fingerprint density at radius 2 is 2.09 bits per heavy atom. The topological polar surface area (TPSA) is 30.9 Å². The van der Waals surface area contributed by atoms with Crippen LogP contribution in [0, 0.1) is 5.92 Å². The van der Waals surface area contributed by atoms with Gasteiger partial charge in [0.05, 0.1) is 11.7 Å². The lowest BCUT2D eigenvalue weighted by molar-refractivity contribution is -0.201. The van der Waals surface area contributed by atoms with Crippen molar-refractivity contribution in [3.8, 4) is 0 Å². The molecule has 0 unspecified atom stereocenters. The van der Waals surface area contributed by atoms with E-state index < -0.39 is 0 Å². The average Bonchev–Trinajstić information content (AvgIpc) is 3.06. The van der Waals surface area contributed by atoms with Crippen LogP contribution in [0.2, 0.25) is 0 Å². The third-order valence-corrected chi connectivity index (χ3v) is 6.20. The predicted molar refractivity (Wildman–Crippen MR) is 90.8 cm³/mol. The maximum absolute atomic E-state index is 6.24. The Kier molecular flexibility index (Phi) is 5.02. The van der Waals surface area contributed by atoms with Gasteiger partial charge in [-0.05, 0) is 36.6 Å². The van der Waals surface area contributed by atoms with Crippen LogP contribution in [0.1, 0.15) is 30.6 Å². The summed E-state index contributed by atoms with van der Waals surface area (Å²) in [5.74, 6) is 0.694. The number of hydrogen-bond acceptors (Lipinski definition) is 5. The van der Waals surface area contributed by atoms with E-state index in [1.54, 1.807) is 0 Å². The van der Waals surface area contributed by atoms with Gasteiger partial charge in [0.2, 0.25) is 0 Å². The first-order valence-corrected chi connectivity index (χ1v) is 9.77. The van der Waals surface area contributed by atoms with Crippen LogP contribution >= 0.6 is 11.3 Å². The van der Waals surface area contributed by atoms with Crippen LogP contribution in [0.5, 0.6) is 0 Å². The summed E-state index contributed by atoms with van der Waals surface area (Å²) in [6, 6.07) is 4.35. The van der Waals surface area contributed by atoms with Crippen molar-refractivity contribution in [1.82, 2.24) is 4.90 Å². The highest BCUT2D eigenvalue weighted by Crippen LogP contribution is 2.36. The molecule has 1 spiro atoms. The van der Waals surface area contributed by atoms with Crippen molar-refractivity contribution in [3.05, 3.63) is 22.4 Å². The summed E-state index contributed by atoms with van der Waals surface area (Å²) in [5, 5.41) is 2.15. The zero-order chi connectivity index (χ0) is 15.5. The lowest BCUT2D eigenvalue weighted by Crippen LogP contribution is -2.65. The summed E-state index contributed by atoms with van der Waals surface area (Å²) in [6.45, 7) is 6.75. The van der Waals surface area contributed by atoms with E-state index in [9.17, 15) is 0 Å². The Hall–Kier alpha value is -0.460. The molecular weight excluding hydrogens is 310 g/mol. The Labute approximate surface area is 142 Å². The van der Waals surface area contributed by atoms with Gasteiger partial charge in [-0.15, -0.1) is 11.3 Å². The third kappa shape index (κ3) is 3.97. The first kappa shape index (κ1) is 16.0. The molecule has 4 nitrogen and oxygen atoms in total. The van der Waals surface area contributed by atoms with Crippen LogP contribution in [-0.2, 0) is 20.8 Å². The molecule has 1 atom stereocenters. The van der Waals surface area contributed by atoms with Crippen LogP contribution in [0.4, 0.5) is 0 Å². The van der Waals surface area contributed by atoms with Crippen molar-refractivity contribution < 1.29 is 14.2 Å². The molecule has 3 fully saturated rings. The molecule has 128 valence electrons. The lowest BCUT2D eigenvalue weighted by atomic mass is 9.84. The van der Waals surface area contributed by atoms with Gasteiger partial charge in [0.25, 0.3) is 0 Å². The molecule has 5 heteroatoms. The quantitative estimate of drug-likeness (QED) is 0.827. The van der Waals surface area contributed by atoms with Gasteiger partial charge < -0.3 is 14.2 Å². The molecule has 1 aromatic heterocycles. The van der Waals surface area contributed by atoms with Crippen molar-refractivity contribution in [2.75, 3.05) is 39.5 Å². The largest absolute Gasteiger partial charge is 0.381 e. The minimum atomic E-state index is 0.0653. The summed E-state index contributed by atoms with van der Waals surface area (Å²) in [6.07, 6.45) is 4.81. The van der Waals surface area contributed by atoms with Gasteiger partial charge >= 0.3 is 0 Å². The monoisotopic (exact) mass is 337 g/mol. The normalized spacial score (nSPS) is 28.8. The van der Waals surface area contributed by atoms with E-state index in [1.807, 2.05) is 11.3 Å². The molecule has 1 aromatic rings. The first-order chi connectivity index (χ1) is 11.3. The Morgan fingerprint density at radius 1 is 1.22 bits per heavy atom. The Balaban J connectivity index is 1.22. The highest BCUT2D eigenvalue weighted by molar-refractivity contribution is 7.09. The fourth-order valence-corrected chi connectivity index (χ4v) is 4.78. The van der Waals surface area contributed by atoms with Crippen LogP contribution in [0.25, 0.3) is 0 Å². The molecule has 0 bridgehead atoms. The molecule has 0 amide bonds. The molecule has 0 aromatic carbocycles. The lowest BCUT2D eigenvalue weighted by Gasteiger charge is -2.53. The minimum Gasteiger partial charge on any atom is -0.381 e. The van der Waals surface area contributed by atoms with Crippen molar-refractivity contribution in [3.63, 3.8) is 0 Å². The highest BCUT2D eigenvalue weighted by Gasteiger charge is 2.47. The molecule has 4 heterocycles. The average molecular weight is 337 g/mol. The van der Waals surface area contributed by atoms with Crippen LogP contribution in [-0.4, -0.2) is 56.1 Å². The summed E-state index contributed by atoms with van der Waals surface area (Å²) >= 11 is 1.84. The summed E-state index contributed by atoms with van der Waals surface area (Å²) in [7, 11) is 0. The maximum Gasteiger partial charge on any atom is 0.0959 e. The third-order valence-electron chi connectivity index (χ3n) is 5.34. The molecule has 4 rings (SSSR count). The van der Waals surface area contributed by atoms with E-state index in [4.69, 9.17) is 14.2 Å². The maximum atomic E-state index is 6.24. The SMILES string of the molecule is c1csc(CN2CC3(C[C@@H](OCC4CCOCC4)CCO3)C2)c1. The number of rotatable bonds is 5. The van der Waals surface area contributed by atoms with Crippen LogP contribution < -0.4 is 0 Å². The number of hydrogen-bond donors (Lipinski definition) is 0. The zero-order valence-electron chi connectivity index (χ0n) is 13.7. The second-order valence-electron chi connectivity index (χ2n) is 7.26. The molecule has 23 heavy (non-hydrogen) atoms. The molecule has 0 N–H and O–H groups in total. The van der Waals surface area contributed by atoms with E-state index in [-0.39, 0.29) is 5.60 Å². The van der Waals surface area contributed by atoms with Gasteiger partial charge in [-0.25, -0.2) is 0 Å². The fourth-order valence-electron chi connectivity index (χ4n) is 4.03. The second-order valence-corrected chi connectivity index (χ2v) is 8.29. The van der Waals surface area contributed by atoms with E-state index in [1.165, 1.54) is 4.88 Å². The summed E-state index contributed by atoms with van der Waals surface area (Å²) in [4.78, 5) is 3.94. The number of ether oxygens (including phenoxy) is 3. The molecule has 3 aliphatic heterocycles. The summed E-state index contributed by atoms with van der Waals surface area (Å²) < 4.78 is 17.8. The van der Waals surface area contributed by atoms with Crippen molar-refractivity contribution >= 4 is 11.3 Å². The van der Waals surface area contributed by atoms with Crippen LogP contribution in [0.3, 0.4) is 0 Å². The van der Waals surface area contributed by atoms with Gasteiger partial charge in [-0.1, -0.05) is 6.07 Å². The van der Waals surface area contributed by atoms with Crippen molar-refractivity contribution in [2.45, 2.75) is 43.9 Å². The van der Waals surface area contributed by atoms with Crippen molar-refractivity contribution in [2.24, 2.45) is 5.92 Å². The minimum absolute atomic E-state index is 0.0653. The van der Waals surface area contributed by atoms with Gasteiger partial charge in [0.15, 0.2) is 0 Å². The molecular formula is C18H27NO3S. The van der Waals surface area contributed by atoms with Gasteiger partial charge in [0.1, 0.15) is 0 Å². The van der Waals surface area contributed by atoms with E-state index in [2.05, 4.69) is 22.4 Å². The first-order valence-electron chi connectivity index (χ1n) is 8.89. The standard InChI is InChI=1S/C18H27NO3S/c1-2-17(23-9-1)11-19-13-18(14-19)10-16(5-8-22-18)21-12-15-3-6-20-7-4-15/h1-2,9,15-16H,3-8,10-14H2/t16-/m0/s1. The van der Waals surface area contributed by atoms with Gasteiger partial charge in [-0.2, -0.15) is 0 Å². The molecule has 0 saturated carbocycles. The zero-order valence-corrected chi connectivity index (χ0v) is 14.6. The van der Waals surface area contributed by atoms with Crippen molar-refractivity contribution in [1.29, 1.82) is 0 Å². The predicted octanol–water partition coefficient (Wildman–Crippen LogP) is 2.92. The Morgan fingerprint density at radius 3 is 2.87 bits per heavy atom. The highest BCUT2D eigenvalue weighted by atomic mass is 32.1. The van der Waals surface area contributed by atoms with E-state index >= 15 is 0 Å². The van der Waals surface area contributed by atoms with Crippen LogP contribution in [0.15, 0.2) is 17.5 Å². The van der Waals surface area contributed by atoms with E-state index in [0.29, 0.717) is 12.0 Å². The second kappa shape index (κ2) is 7.19. The molecule has 3 aliphatic rings. The Bertz CT molecular complexity index is 480. The number of nitrogens with zero attached hydrogens (tertiary/aromatic N) is 1. The molecule has 3 saturated heterocycles. The number of likely N-dealkylation sites (tertiary alicyclic amines) is 1. The number of thiophene rings is 1.